The van der Waals surface area contributed by atoms with Gasteiger partial charge in [0.15, 0.2) is 0 Å². The summed E-state index contributed by atoms with van der Waals surface area (Å²) in [6.07, 6.45) is 3.28. The molecule has 0 saturated carbocycles. The highest BCUT2D eigenvalue weighted by Crippen LogP contribution is 2.25. The van der Waals surface area contributed by atoms with Gasteiger partial charge in [0.1, 0.15) is 5.70 Å². The van der Waals surface area contributed by atoms with E-state index in [2.05, 4.69) is 15.3 Å². The van der Waals surface area contributed by atoms with E-state index in [-0.39, 0.29) is 36.9 Å². The Labute approximate surface area is 144 Å². The molecule has 0 unspecified atom stereocenters. The van der Waals surface area contributed by atoms with Gasteiger partial charge in [-0.3, -0.25) is 4.79 Å². The molecule has 3 N–H and O–H groups in total. The molecule has 3 rings (SSSR count). The van der Waals surface area contributed by atoms with Crippen LogP contribution in [0.3, 0.4) is 0 Å². The lowest BCUT2D eigenvalue weighted by molar-refractivity contribution is -0.136. The number of hydrogen-bond acceptors (Lipinski definition) is 6. The number of ether oxygens (including phenoxy) is 1. The number of imidazole rings is 1. The van der Waals surface area contributed by atoms with Crippen molar-refractivity contribution in [3.8, 4) is 11.3 Å². The van der Waals surface area contributed by atoms with Crippen LogP contribution in [0.5, 0.6) is 0 Å². The monoisotopic (exact) mass is 342 g/mol. The summed E-state index contributed by atoms with van der Waals surface area (Å²) in [5.74, 6) is -0.914. The molecule has 25 heavy (non-hydrogen) atoms. The zero-order chi connectivity index (χ0) is 17.8. The normalized spacial score (nSPS) is 14.2. The molecular weight excluding hydrogens is 324 g/mol. The number of rotatable bonds is 6. The average molecular weight is 342 g/mol. The molecule has 130 valence electrons. The predicted molar refractivity (Wildman–Crippen MR) is 90.4 cm³/mol. The average Bonchev–Trinajstić information content (AvgIpc) is 3.26. The van der Waals surface area contributed by atoms with Crippen LogP contribution in [0.25, 0.3) is 11.3 Å². The molecular formula is C17H18N4O4. The van der Waals surface area contributed by atoms with Crippen LogP contribution in [-0.4, -0.2) is 58.7 Å². The second-order valence-corrected chi connectivity index (χ2v) is 5.47. The highest BCUT2D eigenvalue weighted by molar-refractivity contribution is 6.08. The Morgan fingerprint density at radius 3 is 3.00 bits per heavy atom. The Kier molecular flexibility index (Phi) is 4.80. The molecule has 0 atom stereocenters. The van der Waals surface area contributed by atoms with Crippen molar-refractivity contribution in [3.05, 3.63) is 48.1 Å². The van der Waals surface area contributed by atoms with Gasteiger partial charge < -0.3 is 25.0 Å². The number of hydrogen-bond donors (Lipinski definition) is 3. The van der Waals surface area contributed by atoms with E-state index >= 15 is 0 Å². The number of anilines is 1. The van der Waals surface area contributed by atoms with Crippen molar-refractivity contribution in [3.63, 3.8) is 0 Å². The molecule has 1 amide bonds. The number of nitrogens with one attached hydrogen (secondary N) is 2. The Morgan fingerprint density at radius 2 is 2.32 bits per heavy atom. The van der Waals surface area contributed by atoms with Crippen molar-refractivity contribution in [2.45, 2.75) is 0 Å². The van der Waals surface area contributed by atoms with E-state index in [0.717, 1.165) is 11.3 Å². The molecule has 0 spiro atoms. The molecule has 0 saturated heterocycles. The molecule has 0 bridgehead atoms. The van der Waals surface area contributed by atoms with Gasteiger partial charge in [0, 0.05) is 17.8 Å². The molecule has 2 heterocycles. The minimum Gasteiger partial charge on any atom is -0.466 e. The van der Waals surface area contributed by atoms with Gasteiger partial charge in [0.05, 0.1) is 44.1 Å². The smallest absolute Gasteiger partial charge is 0.337 e. The lowest BCUT2D eigenvalue weighted by Crippen LogP contribution is -2.31. The van der Waals surface area contributed by atoms with Crippen LogP contribution in [0.15, 0.2) is 48.1 Å². The Bertz CT molecular complexity index is 814. The van der Waals surface area contributed by atoms with Crippen LogP contribution in [0.1, 0.15) is 0 Å². The highest BCUT2D eigenvalue weighted by atomic mass is 16.5. The maximum Gasteiger partial charge on any atom is 0.337 e. The summed E-state index contributed by atoms with van der Waals surface area (Å²) in [6.45, 7) is 0.0795. The number of H-pyrrole nitrogens is 1. The van der Waals surface area contributed by atoms with Gasteiger partial charge in [0.25, 0.3) is 5.91 Å². The summed E-state index contributed by atoms with van der Waals surface area (Å²) >= 11 is 0. The van der Waals surface area contributed by atoms with E-state index in [9.17, 15) is 9.59 Å². The van der Waals surface area contributed by atoms with Crippen molar-refractivity contribution >= 4 is 17.6 Å². The number of nitrogens with zero attached hydrogens (tertiary/aromatic N) is 2. The number of carbonyl (C=O) groups is 2. The summed E-state index contributed by atoms with van der Waals surface area (Å²) in [6, 6.07) is 7.38. The molecule has 0 fully saturated rings. The Balaban J connectivity index is 1.90. The number of β-amino-alcohol motifs (C(OH)–C–C–N with tert-alkyl or cyclic N) is 1. The third-order valence-corrected chi connectivity index (χ3v) is 3.89. The highest BCUT2D eigenvalue weighted by Gasteiger charge is 2.34. The Morgan fingerprint density at radius 1 is 1.48 bits per heavy atom. The van der Waals surface area contributed by atoms with Crippen molar-refractivity contribution in [2.75, 3.05) is 32.1 Å². The summed E-state index contributed by atoms with van der Waals surface area (Å²) < 4.78 is 4.77. The third kappa shape index (κ3) is 3.38. The molecule has 8 nitrogen and oxygen atoms in total. The molecule has 0 aliphatic carbocycles. The third-order valence-electron chi connectivity index (χ3n) is 3.89. The SMILES string of the molecule is COC(=O)C1=C(Nc2cccc(-c3cnc[nH]3)c2)C(=O)N(CCO)C1. The molecule has 1 aliphatic heterocycles. The van der Waals surface area contributed by atoms with E-state index in [1.54, 1.807) is 18.6 Å². The van der Waals surface area contributed by atoms with Crippen molar-refractivity contribution in [2.24, 2.45) is 0 Å². The van der Waals surface area contributed by atoms with Crippen LogP contribution in [0.2, 0.25) is 0 Å². The fourth-order valence-corrected chi connectivity index (χ4v) is 2.67. The predicted octanol–water partition coefficient (Wildman–Crippen LogP) is 0.750. The number of aliphatic hydroxyl groups excluding tert-OH is 1. The Hall–Kier alpha value is -3.13. The van der Waals surface area contributed by atoms with Crippen molar-refractivity contribution in [1.29, 1.82) is 0 Å². The second kappa shape index (κ2) is 7.18. The minimum atomic E-state index is -0.569. The zero-order valence-corrected chi connectivity index (χ0v) is 13.7. The molecule has 8 heteroatoms. The van der Waals surface area contributed by atoms with E-state index < -0.39 is 5.97 Å². The zero-order valence-electron chi connectivity index (χ0n) is 13.7. The van der Waals surface area contributed by atoms with E-state index in [1.165, 1.54) is 12.0 Å². The minimum absolute atomic E-state index is 0.106. The standard InChI is InChI=1S/C17H18N4O4/c1-25-17(24)13-9-21(5-6-22)16(23)15(13)20-12-4-2-3-11(7-12)14-8-18-10-19-14/h2-4,7-8,10,20,22H,5-6,9H2,1H3,(H,18,19). The number of aromatic nitrogens is 2. The first-order valence-electron chi connectivity index (χ1n) is 7.71. The number of aliphatic hydroxyl groups is 1. The largest absolute Gasteiger partial charge is 0.466 e. The van der Waals surface area contributed by atoms with Crippen LogP contribution >= 0.6 is 0 Å². The van der Waals surface area contributed by atoms with Crippen molar-refractivity contribution in [1.82, 2.24) is 14.9 Å². The maximum atomic E-state index is 12.5. The van der Waals surface area contributed by atoms with Gasteiger partial charge in [-0.2, -0.15) is 0 Å². The summed E-state index contributed by atoms with van der Waals surface area (Å²) in [4.78, 5) is 32.9. The topological polar surface area (TPSA) is 108 Å². The molecule has 1 aliphatic rings. The van der Waals surface area contributed by atoms with Gasteiger partial charge >= 0.3 is 5.97 Å². The number of benzene rings is 1. The molecule has 1 aromatic carbocycles. The van der Waals surface area contributed by atoms with Crippen LogP contribution < -0.4 is 5.32 Å². The van der Waals surface area contributed by atoms with Gasteiger partial charge in [0.2, 0.25) is 0 Å². The second-order valence-electron chi connectivity index (χ2n) is 5.47. The first kappa shape index (κ1) is 16.7. The number of methoxy groups -OCH3 is 1. The number of aromatic amines is 1. The van der Waals surface area contributed by atoms with Crippen LogP contribution in [-0.2, 0) is 14.3 Å². The van der Waals surface area contributed by atoms with Gasteiger partial charge in [-0.15, -0.1) is 0 Å². The fraction of sp³-hybridized carbons (Fsp3) is 0.235. The number of carbonyl (C=O) groups excluding carboxylic acids is 2. The maximum absolute atomic E-state index is 12.5. The number of amides is 1. The van der Waals surface area contributed by atoms with Crippen molar-refractivity contribution < 1.29 is 19.4 Å². The first-order valence-corrected chi connectivity index (χ1v) is 7.71. The summed E-state index contributed by atoms with van der Waals surface area (Å²) in [5, 5.41) is 12.1. The number of esters is 1. The fourth-order valence-electron chi connectivity index (χ4n) is 2.67. The first-order chi connectivity index (χ1) is 12.1. The summed E-state index contributed by atoms with van der Waals surface area (Å²) in [7, 11) is 1.27. The van der Waals surface area contributed by atoms with Crippen LogP contribution in [0, 0.1) is 0 Å². The molecule has 0 radical (unpaired) electrons. The van der Waals surface area contributed by atoms with Crippen LogP contribution in [0.4, 0.5) is 5.69 Å². The lowest BCUT2D eigenvalue weighted by Gasteiger charge is -2.15. The van der Waals surface area contributed by atoms with Gasteiger partial charge in [-0.05, 0) is 12.1 Å². The van der Waals surface area contributed by atoms with E-state index in [4.69, 9.17) is 9.84 Å². The quantitative estimate of drug-likeness (QED) is 0.669. The van der Waals surface area contributed by atoms with Gasteiger partial charge in [-0.1, -0.05) is 12.1 Å². The van der Waals surface area contributed by atoms with E-state index in [0.29, 0.717) is 5.69 Å². The van der Waals surface area contributed by atoms with Gasteiger partial charge in [-0.25, -0.2) is 9.78 Å². The van der Waals surface area contributed by atoms with E-state index in [1.807, 2.05) is 18.2 Å². The molecule has 2 aromatic rings. The lowest BCUT2D eigenvalue weighted by atomic mass is 10.1. The summed E-state index contributed by atoms with van der Waals surface area (Å²) in [5.41, 5.74) is 2.79. The molecule has 1 aromatic heterocycles.